The topological polar surface area (TPSA) is 55.7 Å². The summed E-state index contributed by atoms with van der Waals surface area (Å²) in [6.07, 6.45) is 3.21. The van der Waals surface area contributed by atoms with Gasteiger partial charge in [-0.2, -0.15) is 0 Å². The van der Waals surface area contributed by atoms with Crippen LogP contribution in [0.3, 0.4) is 0 Å². The molecule has 0 saturated carbocycles. The van der Waals surface area contributed by atoms with Gasteiger partial charge in [-0.3, -0.25) is 4.79 Å². The van der Waals surface area contributed by atoms with Gasteiger partial charge in [-0.05, 0) is 49.6 Å². The van der Waals surface area contributed by atoms with Crippen LogP contribution in [0.15, 0.2) is 52.7 Å². The van der Waals surface area contributed by atoms with Gasteiger partial charge in [0, 0.05) is 5.57 Å². The van der Waals surface area contributed by atoms with E-state index in [-0.39, 0.29) is 11.7 Å². The van der Waals surface area contributed by atoms with E-state index < -0.39 is 5.97 Å². The average Bonchev–Trinajstić information content (AvgIpc) is 2.46. The van der Waals surface area contributed by atoms with Gasteiger partial charge in [-0.15, -0.1) is 0 Å². The Labute approximate surface area is 130 Å². The molecule has 4 nitrogen and oxygen atoms in total. The first kappa shape index (κ1) is 15.9. The number of benzene rings is 1. The molecular formula is C18H19NO3. The zero-order valence-corrected chi connectivity index (χ0v) is 13.2. The minimum absolute atomic E-state index is 0.0173. The molecule has 0 unspecified atom stereocenters. The first-order valence-corrected chi connectivity index (χ1v) is 7.19. The van der Waals surface area contributed by atoms with Gasteiger partial charge in [0.15, 0.2) is 5.78 Å². The molecule has 114 valence electrons. The molecule has 0 N–H and O–H groups in total. The molecule has 22 heavy (non-hydrogen) atoms. The Balaban J connectivity index is 2.18. The monoisotopic (exact) mass is 297 g/mol. The number of hydrogen-bond acceptors (Lipinski definition) is 4. The fourth-order valence-electron chi connectivity index (χ4n) is 2.07. The fraction of sp³-hybridized carbons (Fsp3) is 0.278. The van der Waals surface area contributed by atoms with E-state index in [4.69, 9.17) is 4.84 Å². The van der Waals surface area contributed by atoms with E-state index in [9.17, 15) is 9.59 Å². The molecule has 0 atom stereocenters. The van der Waals surface area contributed by atoms with Gasteiger partial charge in [-0.1, -0.05) is 36.7 Å². The lowest BCUT2D eigenvalue weighted by Crippen LogP contribution is -2.16. The van der Waals surface area contributed by atoms with E-state index in [1.54, 1.807) is 25.1 Å². The zero-order chi connectivity index (χ0) is 16.3. The highest BCUT2D eigenvalue weighted by Crippen LogP contribution is 2.19. The number of carbonyl (C=O) groups is 2. The maximum Gasteiger partial charge on any atom is 0.365 e. The molecule has 1 aromatic carbocycles. The van der Waals surface area contributed by atoms with Gasteiger partial charge in [0.25, 0.3) is 0 Å². The molecule has 2 rings (SSSR count). The van der Waals surface area contributed by atoms with Crippen molar-refractivity contribution >= 4 is 17.5 Å². The Bertz CT molecular complexity index is 692. The zero-order valence-electron chi connectivity index (χ0n) is 13.2. The van der Waals surface area contributed by atoms with Gasteiger partial charge < -0.3 is 4.84 Å². The average molecular weight is 297 g/mol. The van der Waals surface area contributed by atoms with E-state index >= 15 is 0 Å². The Kier molecular flexibility index (Phi) is 4.71. The van der Waals surface area contributed by atoms with Gasteiger partial charge in [0.05, 0.1) is 5.56 Å². The van der Waals surface area contributed by atoms with Crippen molar-refractivity contribution in [3.05, 3.63) is 58.7 Å². The first-order valence-electron chi connectivity index (χ1n) is 7.19. The summed E-state index contributed by atoms with van der Waals surface area (Å²) in [5.41, 5.74) is 3.36. The lowest BCUT2D eigenvalue weighted by Gasteiger charge is -2.14. The molecule has 0 radical (unpaired) electrons. The largest absolute Gasteiger partial charge is 0.365 e. The predicted octanol–water partition coefficient (Wildman–Crippen LogP) is 3.62. The van der Waals surface area contributed by atoms with Crippen molar-refractivity contribution in [2.24, 2.45) is 11.1 Å². The van der Waals surface area contributed by atoms with Crippen LogP contribution in [0, 0.1) is 12.8 Å². The molecule has 0 fully saturated rings. The number of aryl methyl sites for hydroxylation is 1. The summed E-state index contributed by atoms with van der Waals surface area (Å²) in [5.74, 6) is -0.442. The number of hydrogen-bond donors (Lipinski definition) is 0. The molecule has 0 amide bonds. The Morgan fingerprint density at radius 3 is 2.32 bits per heavy atom. The summed E-state index contributed by atoms with van der Waals surface area (Å²) >= 11 is 0. The molecule has 0 heterocycles. The van der Waals surface area contributed by atoms with E-state index in [0.717, 1.165) is 5.56 Å². The molecule has 0 bridgehead atoms. The second-order valence-electron chi connectivity index (χ2n) is 5.67. The Hall–Kier alpha value is -2.49. The molecule has 0 spiro atoms. The molecular weight excluding hydrogens is 278 g/mol. The lowest BCUT2D eigenvalue weighted by atomic mass is 9.90. The molecule has 1 aliphatic carbocycles. The number of nitrogens with zero attached hydrogens (tertiary/aromatic N) is 1. The van der Waals surface area contributed by atoms with Crippen LogP contribution >= 0.6 is 0 Å². The number of carbonyl (C=O) groups excluding carboxylic acids is 2. The summed E-state index contributed by atoms with van der Waals surface area (Å²) in [6, 6.07) is 7.07. The lowest BCUT2D eigenvalue weighted by molar-refractivity contribution is -0.111. The smallest absolute Gasteiger partial charge is 0.312 e. The molecule has 0 aliphatic heterocycles. The van der Waals surface area contributed by atoms with Crippen LogP contribution < -0.4 is 0 Å². The summed E-state index contributed by atoms with van der Waals surface area (Å²) in [7, 11) is 0. The highest BCUT2D eigenvalue weighted by molar-refractivity contribution is 6.21. The first-order chi connectivity index (χ1) is 10.4. The van der Waals surface area contributed by atoms with Crippen molar-refractivity contribution in [1.82, 2.24) is 0 Å². The standard InChI is InChI=1S/C18H19NO3/c1-11(2)15-10-16(13(4)9-17(15)20)19-22-18(21)14-7-5-12(3)6-8-14/h5-11H,1-4H3/b19-16+. The van der Waals surface area contributed by atoms with Crippen LogP contribution in [0.1, 0.15) is 36.7 Å². The third-order valence-electron chi connectivity index (χ3n) is 3.46. The number of allylic oxidation sites excluding steroid dienone is 4. The van der Waals surface area contributed by atoms with Crippen LogP contribution in [0.2, 0.25) is 0 Å². The second kappa shape index (κ2) is 6.52. The van der Waals surface area contributed by atoms with Crippen LogP contribution in [0.25, 0.3) is 0 Å². The SMILES string of the molecule is CC1=CC(=O)C(C(C)C)=C/C1=N\OC(=O)c1ccc(C)cc1. The highest BCUT2D eigenvalue weighted by Gasteiger charge is 2.19. The second-order valence-corrected chi connectivity index (χ2v) is 5.67. The molecule has 1 aromatic rings. The molecule has 4 heteroatoms. The molecule has 1 aliphatic rings. The third-order valence-corrected chi connectivity index (χ3v) is 3.46. The van der Waals surface area contributed by atoms with E-state index in [1.807, 2.05) is 32.9 Å². The van der Waals surface area contributed by atoms with Crippen molar-refractivity contribution < 1.29 is 14.4 Å². The maximum absolute atomic E-state index is 11.9. The maximum atomic E-state index is 11.9. The summed E-state index contributed by atoms with van der Waals surface area (Å²) < 4.78 is 0. The third kappa shape index (κ3) is 3.58. The van der Waals surface area contributed by atoms with Crippen molar-refractivity contribution in [3.8, 4) is 0 Å². The van der Waals surface area contributed by atoms with Crippen molar-refractivity contribution in [1.29, 1.82) is 0 Å². The molecule has 0 saturated heterocycles. The number of oxime groups is 1. The fourth-order valence-corrected chi connectivity index (χ4v) is 2.07. The predicted molar refractivity (Wildman–Crippen MR) is 85.7 cm³/mol. The Morgan fingerprint density at radius 2 is 1.73 bits per heavy atom. The quantitative estimate of drug-likeness (QED) is 0.486. The summed E-state index contributed by atoms with van der Waals surface area (Å²) in [5, 5.41) is 3.90. The summed E-state index contributed by atoms with van der Waals surface area (Å²) in [4.78, 5) is 28.8. The van der Waals surface area contributed by atoms with Gasteiger partial charge in [-0.25, -0.2) is 4.79 Å². The minimum Gasteiger partial charge on any atom is -0.312 e. The van der Waals surface area contributed by atoms with Crippen molar-refractivity contribution in [2.45, 2.75) is 27.7 Å². The minimum atomic E-state index is -0.517. The normalized spacial score (nSPS) is 16.6. The van der Waals surface area contributed by atoms with E-state index in [2.05, 4.69) is 5.16 Å². The summed E-state index contributed by atoms with van der Waals surface area (Å²) in [6.45, 7) is 7.59. The van der Waals surface area contributed by atoms with Crippen LogP contribution in [0.5, 0.6) is 0 Å². The Morgan fingerprint density at radius 1 is 1.09 bits per heavy atom. The van der Waals surface area contributed by atoms with Gasteiger partial charge >= 0.3 is 5.97 Å². The van der Waals surface area contributed by atoms with E-state index in [1.165, 1.54) is 6.08 Å². The highest BCUT2D eigenvalue weighted by atomic mass is 16.7. The van der Waals surface area contributed by atoms with Crippen molar-refractivity contribution in [2.75, 3.05) is 0 Å². The number of rotatable bonds is 3. The number of ketones is 1. The van der Waals surface area contributed by atoms with Gasteiger partial charge in [0.1, 0.15) is 5.71 Å². The van der Waals surface area contributed by atoms with Crippen LogP contribution in [0.4, 0.5) is 0 Å². The van der Waals surface area contributed by atoms with Crippen LogP contribution in [-0.4, -0.2) is 17.5 Å². The van der Waals surface area contributed by atoms with Crippen LogP contribution in [-0.2, 0) is 9.63 Å². The van der Waals surface area contributed by atoms with E-state index in [0.29, 0.717) is 22.4 Å². The molecule has 0 aromatic heterocycles. The van der Waals surface area contributed by atoms with Crippen molar-refractivity contribution in [3.63, 3.8) is 0 Å². The van der Waals surface area contributed by atoms with Gasteiger partial charge in [0.2, 0.25) is 0 Å².